The van der Waals surface area contributed by atoms with Crippen molar-refractivity contribution >= 4 is 34.5 Å². The number of imide groups is 1. The van der Waals surface area contributed by atoms with Crippen molar-refractivity contribution < 1.29 is 14.4 Å². The summed E-state index contributed by atoms with van der Waals surface area (Å²) in [6.45, 7) is 2.37. The van der Waals surface area contributed by atoms with Crippen molar-refractivity contribution in [2.24, 2.45) is 0 Å². The van der Waals surface area contributed by atoms with Crippen LogP contribution in [0.25, 0.3) is 11.4 Å². The van der Waals surface area contributed by atoms with Crippen LogP contribution in [0.1, 0.15) is 43.9 Å². The molecule has 0 spiro atoms. The Hall–Kier alpha value is -3.60. The van der Waals surface area contributed by atoms with Crippen molar-refractivity contribution in [2.75, 3.05) is 11.9 Å². The van der Waals surface area contributed by atoms with E-state index in [0.29, 0.717) is 24.4 Å². The number of rotatable bonds is 11. The molecule has 0 aliphatic carbocycles. The number of hydrogen-bond donors (Lipinski definition) is 2. The van der Waals surface area contributed by atoms with Gasteiger partial charge in [0.05, 0.1) is 5.25 Å². The van der Waals surface area contributed by atoms with E-state index in [0.717, 1.165) is 47.8 Å². The molecule has 2 N–H and O–H groups in total. The van der Waals surface area contributed by atoms with E-state index >= 15 is 0 Å². The lowest BCUT2D eigenvalue weighted by Crippen LogP contribution is -2.33. The van der Waals surface area contributed by atoms with Crippen LogP contribution < -0.4 is 5.32 Å². The number of amides is 3. The maximum atomic E-state index is 12.8. The molecule has 2 aromatic heterocycles. The van der Waals surface area contributed by atoms with Crippen LogP contribution in [0, 0.1) is 0 Å². The number of unbranched alkanes of at least 4 members (excludes halogenated alkanes) is 1. The zero-order valence-corrected chi connectivity index (χ0v) is 20.3. The van der Waals surface area contributed by atoms with Gasteiger partial charge in [-0.3, -0.25) is 24.3 Å². The Balaban J connectivity index is 1.22. The number of nitrogens with one attached hydrogen (secondary N) is 2. The third-order valence-electron chi connectivity index (χ3n) is 5.67. The van der Waals surface area contributed by atoms with Gasteiger partial charge in [-0.05, 0) is 72.0 Å². The SMILES string of the molecule is CCCCc1ccc(CC2SC(=O)N(CCCC(=O)Nc3ccc(-c4nnn[nH]4)cc3)C2=O)cn1. The summed E-state index contributed by atoms with van der Waals surface area (Å²) in [5, 5.41) is 15.7. The molecule has 1 aromatic carbocycles. The van der Waals surface area contributed by atoms with Gasteiger partial charge in [-0.1, -0.05) is 31.2 Å². The highest BCUT2D eigenvalue weighted by molar-refractivity contribution is 8.15. The van der Waals surface area contributed by atoms with Gasteiger partial charge in [-0.25, -0.2) is 5.10 Å². The Kier molecular flexibility index (Phi) is 8.19. The first-order valence-corrected chi connectivity index (χ1v) is 12.5. The van der Waals surface area contributed by atoms with E-state index in [-0.39, 0.29) is 30.0 Å². The highest BCUT2D eigenvalue weighted by Crippen LogP contribution is 2.30. The average Bonchev–Trinajstić information content (AvgIpc) is 3.49. The standard InChI is InChI=1S/C24H27N7O3S/c1-2-3-5-18-10-7-16(15-25-18)14-20-23(33)31(24(34)35-20)13-4-6-21(32)26-19-11-8-17(9-12-19)22-27-29-30-28-22/h7-12,15,20H,2-6,13-14H2,1H3,(H,26,32)(H,27,28,29,30). The smallest absolute Gasteiger partial charge is 0.289 e. The lowest BCUT2D eigenvalue weighted by molar-refractivity contribution is -0.127. The number of benzene rings is 1. The number of H-pyrrole nitrogens is 1. The third kappa shape index (κ3) is 6.50. The van der Waals surface area contributed by atoms with Crippen LogP contribution in [-0.4, -0.2) is 59.4 Å². The van der Waals surface area contributed by atoms with E-state index < -0.39 is 5.25 Å². The van der Waals surface area contributed by atoms with Gasteiger partial charge < -0.3 is 5.32 Å². The highest BCUT2D eigenvalue weighted by Gasteiger charge is 2.39. The van der Waals surface area contributed by atoms with Crippen LogP contribution in [0.5, 0.6) is 0 Å². The predicted octanol–water partition coefficient (Wildman–Crippen LogP) is 3.63. The highest BCUT2D eigenvalue weighted by atomic mass is 32.2. The maximum Gasteiger partial charge on any atom is 0.289 e. The minimum absolute atomic E-state index is 0.184. The zero-order valence-electron chi connectivity index (χ0n) is 19.4. The van der Waals surface area contributed by atoms with E-state index in [4.69, 9.17) is 0 Å². The molecule has 0 radical (unpaired) electrons. The van der Waals surface area contributed by atoms with Crippen LogP contribution in [0.2, 0.25) is 0 Å². The Morgan fingerprint density at radius 2 is 1.97 bits per heavy atom. The normalized spacial score (nSPS) is 15.6. The van der Waals surface area contributed by atoms with Crippen LogP contribution in [0.15, 0.2) is 42.6 Å². The molecule has 3 amide bonds. The van der Waals surface area contributed by atoms with Gasteiger partial charge in [0.25, 0.3) is 5.24 Å². The maximum absolute atomic E-state index is 12.8. The van der Waals surface area contributed by atoms with Crippen molar-refractivity contribution in [1.29, 1.82) is 0 Å². The Bertz CT molecular complexity index is 1150. The summed E-state index contributed by atoms with van der Waals surface area (Å²) in [5.41, 5.74) is 3.43. The first kappa shape index (κ1) is 24.5. The molecule has 1 atom stereocenters. The molecule has 4 rings (SSSR count). The number of aromatic amines is 1. The van der Waals surface area contributed by atoms with E-state index in [2.05, 4.69) is 37.8 Å². The number of aromatic nitrogens is 5. The fraction of sp³-hybridized carbons (Fsp3) is 0.375. The molecule has 1 saturated heterocycles. The molecule has 3 aromatic rings. The lowest BCUT2D eigenvalue weighted by atomic mass is 10.1. The van der Waals surface area contributed by atoms with Crippen molar-refractivity contribution in [2.45, 2.75) is 50.7 Å². The largest absolute Gasteiger partial charge is 0.326 e. The molecule has 1 fully saturated rings. The molecule has 3 heterocycles. The average molecular weight is 494 g/mol. The fourth-order valence-corrected chi connectivity index (χ4v) is 4.80. The molecule has 0 bridgehead atoms. The van der Waals surface area contributed by atoms with Crippen molar-refractivity contribution in [3.8, 4) is 11.4 Å². The van der Waals surface area contributed by atoms with Gasteiger partial charge >= 0.3 is 0 Å². The molecular formula is C24H27N7O3S. The van der Waals surface area contributed by atoms with Crippen molar-refractivity contribution in [3.05, 3.63) is 53.9 Å². The van der Waals surface area contributed by atoms with Crippen LogP contribution >= 0.6 is 11.8 Å². The Morgan fingerprint density at radius 1 is 1.14 bits per heavy atom. The van der Waals surface area contributed by atoms with E-state index in [9.17, 15) is 14.4 Å². The van der Waals surface area contributed by atoms with E-state index in [1.807, 2.05) is 12.1 Å². The summed E-state index contributed by atoms with van der Waals surface area (Å²) in [6, 6.07) is 11.1. The van der Waals surface area contributed by atoms with Crippen molar-refractivity contribution in [1.82, 2.24) is 30.5 Å². The molecule has 1 aliphatic rings. The third-order valence-corrected chi connectivity index (χ3v) is 6.75. The first-order chi connectivity index (χ1) is 17.0. The van der Waals surface area contributed by atoms with E-state index in [1.165, 1.54) is 4.90 Å². The molecule has 11 heteroatoms. The second-order valence-electron chi connectivity index (χ2n) is 8.31. The summed E-state index contributed by atoms with van der Waals surface area (Å²) in [5.74, 6) is 0.156. The van der Waals surface area contributed by atoms with Gasteiger partial charge in [0, 0.05) is 36.1 Å². The zero-order chi connectivity index (χ0) is 24.6. The molecular weight excluding hydrogens is 466 g/mol. The number of carbonyl (C=O) groups excluding carboxylic acids is 3. The quantitative estimate of drug-likeness (QED) is 0.414. The topological polar surface area (TPSA) is 134 Å². The van der Waals surface area contributed by atoms with Gasteiger partial charge in [-0.15, -0.1) is 5.10 Å². The number of nitrogens with zero attached hydrogens (tertiary/aromatic N) is 5. The number of aryl methyl sites for hydroxylation is 1. The predicted molar refractivity (Wildman–Crippen MR) is 133 cm³/mol. The second kappa shape index (κ2) is 11.7. The van der Waals surface area contributed by atoms with Gasteiger partial charge in [0.1, 0.15) is 0 Å². The molecule has 1 unspecified atom stereocenters. The summed E-state index contributed by atoms with van der Waals surface area (Å²) < 4.78 is 0. The Labute approximate surface area is 207 Å². The minimum atomic E-state index is -0.447. The lowest BCUT2D eigenvalue weighted by Gasteiger charge is -2.14. The summed E-state index contributed by atoms with van der Waals surface area (Å²) >= 11 is 1.05. The first-order valence-electron chi connectivity index (χ1n) is 11.6. The second-order valence-corrected chi connectivity index (χ2v) is 9.46. The summed E-state index contributed by atoms with van der Waals surface area (Å²) in [4.78, 5) is 43.2. The summed E-state index contributed by atoms with van der Waals surface area (Å²) in [6.07, 6.45) is 6.01. The Morgan fingerprint density at radius 3 is 2.66 bits per heavy atom. The molecule has 35 heavy (non-hydrogen) atoms. The monoisotopic (exact) mass is 493 g/mol. The number of thioether (sulfide) groups is 1. The van der Waals surface area contributed by atoms with Crippen LogP contribution in [0.3, 0.4) is 0 Å². The summed E-state index contributed by atoms with van der Waals surface area (Å²) in [7, 11) is 0. The number of anilines is 1. The van der Waals surface area contributed by atoms with E-state index in [1.54, 1.807) is 30.5 Å². The number of tetrazole rings is 1. The van der Waals surface area contributed by atoms with Crippen LogP contribution in [-0.2, 0) is 22.4 Å². The molecule has 0 saturated carbocycles. The number of carbonyl (C=O) groups is 3. The van der Waals surface area contributed by atoms with Gasteiger partial charge in [0.2, 0.25) is 11.8 Å². The molecule has 10 nitrogen and oxygen atoms in total. The molecule has 182 valence electrons. The number of hydrogen-bond acceptors (Lipinski definition) is 8. The van der Waals surface area contributed by atoms with Crippen molar-refractivity contribution in [3.63, 3.8) is 0 Å². The fourth-order valence-electron chi connectivity index (χ4n) is 3.74. The van der Waals surface area contributed by atoms with Gasteiger partial charge in [-0.2, -0.15) is 0 Å². The van der Waals surface area contributed by atoms with Crippen LogP contribution in [0.4, 0.5) is 10.5 Å². The van der Waals surface area contributed by atoms with Gasteiger partial charge in [0.15, 0.2) is 5.82 Å². The molecule has 1 aliphatic heterocycles. The minimum Gasteiger partial charge on any atom is -0.326 e. The number of pyridine rings is 1.